The summed E-state index contributed by atoms with van der Waals surface area (Å²) in [6.07, 6.45) is 3.53. The topological polar surface area (TPSA) is 29.1 Å². The van der Waals surface area contributed by atoms with Crippen LogP contribution in [0.5, 0.6) is 0 Å². The molecule has 1 N–H and O–H groups in total. The highest BCUT2D eigenvalue weighted by Crippen LogP contribution is 2.30. The van der Waals surface area contributed by atoms with Gasteiger partial charge in [0.15, 0.2) is 0 Å². The van der Waals surface area contributed by atoms with Gasteiger partial charge in [-0.2, -0.15) is 0 Å². The summed E-state index contributed by atoms with van der Waals surface area (Å²) in [5.74, 6) is 1.12. The van der Waals surface area contributed by atoms with Crippen LogP contribution < -0.4 is 5.32 Å². The Bertz CT molecular complexity index is 134. The Morgan fingerprint density at radius 1 is 1.14 bits per heavy atom. The van der Waals surface area contributed by atoms with Crippen LogP contribution in [0.2, 0.25) is 0 Å². The fourth-order valence-corrected chi connectivity index (χ4v) is 1.72. The van der Waals surface area contributed by atoms with Crippen LogP contribution in [0.25, 0.3) is 0 Å². The molecular formula is C12H27NO. The second kappa shape index (κ2) is 10.6. The van der Waals surface area contributed by atoms with Crippen LogP contribution in [0.1, 0.15) is 53.9 Å². The van der Waals surface area contributed by atoms with Crippen LogP contribution in [0, 0.1) is 11.8 Å². The van der Waals surface area contributed by atoms with Crippen molar-refractivity contribution >= 4 is 5.91 Å². The second-order valence-electron chi connectivity index (χ2n) is 3.13. The summed E-state index contributed by atoms with van der Waals surface area (Å²) >= 11 is 0. The number of hydrogen-bond donors (Lipinski definition) is 1. The Kier molecular flexibility index (Phi) is 12.0. The van der Waals surface area contributed by atoms with Crippen LogP contribution >= 0.6 is 0 Å². The third-order valence-corrected chi connectivity index (χ3v) is 2.44. The van der Waals surface area contributed by atoms with Crippen LogP contribution in [-0.4, -0.2) is 13.0 Å². The molecule has 2 unspecified atom stereocenters. The van der Waals surface area contributed by atoms with E-state index in [1.54, 1.807) is 7.05 Å². The molecule has 0 aromatic rings. The lowest BCUT2D eigenvalue weighted by Gasteiger charge is -2.12. The van der Waals surface area contributed by atoms with Crippen molar-refractivity contribution in [3.8, 4) is 0 Å². The van der Waals surface area contributed by atoms with Crippen molar-refractivity contribution in [1.82, 2.24) is 5.32 Å². The van der Waals surface area contributed by atoms with Gasteiger partial charge >= 0.3 is 0 Å². The first-order valence-corrected chi connectivity index (χ1v) is 5.97. The molecule has 0 spiro atoms. The highest BCUT2D eigenvalue weighted by atomic mass is 16.1. The summed E-state index contributed by atoms with van der Waals surface area (Å²) in [5, 5.41) is 2.70. The highest BCUT2D eigenvalue weighted by molar-refractivity contribution is 5.78. The molecule has 0 heterocycles. The predicted octanol–water partition coefficient (Wildman–Crippen LogP) is 3.22. The molecule has 2 nitrogen and oxygen atoms in total. The number of nitrogens with one attached hydrogen (secondary N) is 1. The quantitative estimate of drug-likeness (QED) is 0.693. The van der Waals surface area contributed by atoms with Crippen molar-refractivity contribution in [1.29, 1.82) is 0 Å². The maximum atomic E-state index is 11.1. The normalized spacial score (nSPS) is 23.9. The minimum Gasteiger partial charge on any atom is -0.359 e. The second-order valence-corrected chi connectivity index (χ2v) is 3.13. The molecule has 1 aliphatic carbocycles. The predicted molar refractivity (Wildman–Crippen MR) is 63.3 cm³/mol. The number of carbonyl (C=O) groups excluding carboxylic acids is 1. The third kappa shape index (κ3) is 5.25. The molecule has 14 heavy (non-hydrogen) atoms. The first-order valence-electron chi connectivity index (χ1n) is 5.97. The minimum absolute atomic E-state index is 0.227. The Morgan fingerprint density at radius 3 is 1.93 bits per heavy atom. The minimum atomic E-state index is 0.227. The largest absolute Gasteiger partial charge is 0.359 e. The first-order chi connectivity index (χ1) is 6.75. The van der Waals surface area contributed by atoms with Crippen LogP contribution in [0.3, 0.4) is 0 Å². The zero-order valence-electron chi connectivity index (χ0n) is 10.7. The molecule has 0 aromatic carbocycles. The van der Waals surface area contributed by atoms with Crippen molar-refractivity contribution < 1.29 is 4.79 Å². The number of hydrogen-bond acceptors (Lipinski definition) is 1. The maximum Gasteiger partial charge on any atom is 0.223 e. The molecule has 1 saturated carbocycles. The summed E-state index contributed by atoms with van der Waals surface area (Å²) in [7, 11) is 1.72. The smallest absolute Gasteiger partial charge is 0.223 e. The summed E-state index contributed by atoms with van der Waals surface area (Å²) in [6, 6.07) is 0. The van der Waals surface area contributed by atoms with E-state index in [0.29, 0.717) is 11.8 Å². The molecule has 0 aromatic heterocycles. The number of amides is 1. The lowest BCUT2D eigenvalue weighted by molar-refractivity contribution is -0.125. The molecule has 0 aliphatic heterocycles. The maximum absolute atomic E-state index is 11.1. The summed E-state index contributed by atoms with van der Waals surface area (Å²) in [4.78, 5) is 11.1. The van der Waals surface area contributed by atoms with Gasteiger partial charge < -0.3 is 5.32 Å². The molecule has 2 atom stereocenters. The van der Waals surface area contributed by atoms with Crippen molar-refractivity contribution in [2.24, 2.45) is 11.8 Å². The fraction of sp³-hybridized carbons (Fsp3) is 0.917. The lowest BCUT2D eigenvalue weighted by Crippen LogP contribution is -2.28. The number of rotatable bonds is 1. The molecule has 86 valence electrons. The van der Waals surface area contributed by atoms with Gasteiger partial charge in [-0.15, -0.1) is 0 Å². The average Bonchev–Trinajstić information content (AvgIpc) is 2.69. The van der Waals surface area contributed by atoms with Crippen molar-refractivity contribution in [3.63, 3.8) is 0 Å². The van der Waals surface area contributed by atoms with Gasteiger partial charge in [-0.3, -0.25) is 4.79 Å². The number of carbonyl (C=O) groups is 1. The van der Waals surface area contributed by atoms with Crippen molar-refractivity contribution in [2.75, 3.05) is 7.05 Å². The Labute approximate surface area is 89.5 Å². The van der Waals surface area contributed by atoms with Gasteiger partial charge in [-0.05, 0) is 18.8 Å². The summed E-state index contributed by atoms with van der Waals surface area (Å²) in [5.41, 5.74) is 0. The van der Waals surface area contributed by atoms with Gasteiger partial charge in [-0.1, -0.05) is 41.0 Å². The monoisotopic (exact) mass is 201 g/mol. The molecular weight excluding hydrogens is 174 g/mol. The van der Waals surface area contributed by atoms with Gasteiger partial charge in [-0.25, -0.2) is 0 Å². The molecule has 2 heteroatoms. The Morgan fingerprint density at radius 2 is 1.64 bits per heavy atom. The highest BCUT2D eigenvalue weighted by Gasteiger charge is 2.28. The van der Waals surface area contributed by atoms with Crippen LogP contribution in [-0.2, 0) is 4.79 Å². The summed E-state index contributed by atoms with van der Waals surface area (Å²) < 4.78 is 0. The first kappa shape index (κ1) is 15.9. The van der Waals surface area contributed by atoms with Crippen molar-refractivity contribution in [2.45, 2.75) is 53.9 Å². The Hall–Kier alpha value is -0.530. The zero-order chi connectivity index (χ0) is 11.6. The third-order valence-electron chi connectivity index (χ3n) is 2.44. The SMILES string of the molecule is CC.CC.CNC(=O)C1CCCC1C. The summed E-state index contributed by atoms with van der Waals surface area (Å²) in [6.45, 7) is 10.2. The van der Waals surface area contributed by atoms with Crippen LogP contribution in [0.15, 0.2) is 0 Å². The molecule has 1 amide bonds. The molecule has 0 saturated heterocycles. The van der Waals surface area contributed by atoms with E-state index in [0.717, 1.165) is 6.42 Å². The molecule has 1 aliphatic rings. The molecule has 0 radical (unpaired) electrons. The van der Waals surface area contributed by atoms with Gasteiger partial charge in [0.25, 0.3) is 0 Å². The van der Waals surface area contributed by atoms with Crippen LogP contribution in [0.4, 0.5) is 0 Å². The van der Waals surface area contributed by atoms with Gasteiger partial charge in [0.1, 0.15) is 0 Å². The Balaban J connectivity index is 0. The zero-order valence-corrected chi connectivity index (χ0v) is 10.7. The fourth-order valence-electron chi connectivity index (χ4n) is 1.72. The molecule has 1 fully saturated rings. The van der Waals surface area contributed by atoms with E-state index in [-0.39, 0.29) is 5.91 Å². The molecule has 0 bridgehead atoms. The average molecular weight is 201 g/mol. The van der Waals surface area contributed by atoms with E-state index in [1.807, 2.05) is 27.7 Å². The van der Waals surface area contributed by atoms with Crippen molar-refractivity contribution in [3.05, 3.63) is 0 Å². The van der Waals surface area contributed by atoms with E-state index in [4.69, 9.17) is 0 Å². The van der Waals surface area contributed by atoms with E-state index in [9.17, 15) is 4.79 Å². The van der Waals surface area contributed by atoms with E-state index in [1.165, 1.54) is 12.8 Å². The van der Waals surface area contributed by atoms with E-state index >= 15 is 0 Å². The van der Waals surface area contributed by atoms with Gasteiger partial charge in [0.2, 0.25) is 5.91 Å². The van der Waals surface area contributed by atoms with Gasteiger partial charge in [0.05, 0.1) is 0 Å². The van der Waals surface area contributed by atoms with E-state index in [2.05, 4.69) is 12.2 Å². The van der Waals surface area contributed by atoms with Gasteiger partial charge in [0, 0.05) is 13.0 Å². The standard InChI is InChI=1S/C8H15NO.2C2H6/c1-6-4-3-5-7(6)8(10)9-2;2*1-2/h6-7H,3-5H2,1-2H3,(H,9,10);2*1-2H3. The molecule has 1 rings (SSSR count). The lowest BCUT2D eigenvalue weighted by atomic mass is 9.97. The van der Waals surface area contributed by atoms with E-state index < -0.39 is 0 Å².